The van der Waals surface area contributed by atoms with Gasteiger partial charge in [-0.25, -0.2) is 0 Å². The Labute approximate surface area is 467 Å². The zero-order valence-corrected chi connectivity index (χ0v) is 45.3. The van der Waals surface area contributed by atoms with Crippen LogP contribution in [0.4, 0.5) is 34.1 Å². The fraction of sp³-hybridized carbons (Fsp3) is 0.0270. The fourth-order valence-corrected chi connectivity index (χ4v) is 14.6. The molecule has 79 heavy (non-hydrogen) atoms. The largest absolute Gasteiger partial charge is 0.310 e. The van der Waals surface area contributed by atoms with E-state index in [4.69, 9.17) is 0 Å². The number of fused-ring (bicyclic) bond motifs is 10. The molecule has 15 rings (SSSR count). The molecule has 3 heterocycles. The summed E-state index contributed by atoms with van der Waals surface area (Å²) in [5, 5.41) is 7.69. The number of hydrogen-bond donors (Lipinski definition) is 0. The van der Waals surface area contributed by atoms with Crippen LogP contribution in [0.2, 0.25) is 0 Å². The molecule has 0 bridgehead atoms. The van der Waals surface area contributed by atoms with Gasteiger partial charge in [-0.3, -0.25) is 0 Å². The number of rotatable bonds is 10. The van der Waals surface area contributed by atoms with E-state index in [9.17, 15) is 0 Å². The number of aromatic nitrogens is 1. The van der Waals surface area contributed by atoms with Gasteiger partial charge in [0.15, 0.2) is 0 Å². The monoisotopic (exact) mass is 1050 g/mol. The maximum atomic E-state index is 2.47. The van der Waals surface area contributed by atoms with Crippen molar-refractivity contribution in [2.75, 3.05) is 9.80 Å². The molecule has 0 fully saturated rings. The van der Waals surface area contributed by atoms with Gasteiger partial charge < -0.3 is 14.4 Å². The number of anilines is 6. The highest BCUT2D eigenvalue weighted by atomic mass is 32.1. The highest BCUT2D eigenvalue weighted by molar-refractivity contribution is 7.27. The minimum absolute atomic E-state index is 1.06. The van der Waals surface area contributed by atoms with Crippen molar-refractivity contribution in [2.24, 2.45) is 0 Å². The van der Waals surface area contributed by atoms with Crippen molar-refractivity contribution < 1.29 is 0 Å². The molecule has 0 atom stereocenters. The average Bonchev–Trinajstić information content (AvgIpc) is 4.19. The van der Waals surface area contributed by atoms with Crippen LogP contribution in [0.3, 0.4) is 0 Å². The normalized spacial score (nSPS) is 11.7. The van der Waals surface area contributed by atoms with Gasteiger partial charge in [0.1, 0.15) is 0 Å². The molecule has 0 radical (unpaired) electrons. The van der Waals surface area contributed by atoms with E-state index in [-0.39, 0.29) is 0 Å². The second-order valence-corrected chi connectivity index (χ2v) is 22.7. The summed E-state index contributed by atoms with van der Waals surface area (Å²) in [4.78, 5) is 4.94. The van der Waals surface area contributed by atoms with Crippen LogP contribution >= 0.6 is 22.7 Å². The number of benzene rings is 12. The lowest BCUT2D eigenvalue weighted by atomic mass is 9.95. The molecule has 3 aromatic heterocycles. The van der Waals surface area contributed by atoms with Crippen LogP contribution in [-0.2, 0) is 0 Å². The summed E-state index contributed by atoms with van der Waals surface area (Å²) in [5.41, 5.74) is 19.5. The van der Waals surface area contributed by atoms with Gasteiger partial charge in [0, 0.05) is 90.7 Å². The molecule has 0 saturated heterocycles. The summed E-state index contributed by atoms with van der Waals surface area (Å²) in [7, 11) is 0. The topological polar surface area (TPSA) is 11.4 Å². The quantitative estimate of drug-likeness (QED) is 0.135. The number of nitrogens with zero attached hydrogens (tertiary/aromatic N) is 3. The van der Waals surface area contributed by atoms with E-state index in [1.54, 1.807) is 0 Å². The van der Waals surface area contributed by atoms with Gasteiger partial charge in [-0.1, -0.05) is 182 Å². The summed E-state index contributed by atoms with van der Waals surface area (Å²) in [5.74, 6) is 0. The van der Waals surface area contributed by atoms with Gasteiger partial charge in [0.25, 0.3) is 0 Å². The minimum Gasteiger partial charge on any atom is -0.310 e. The van der Waals surface area contributed by atoms with E-state index in [0.29, 0.717) is 0 Å². The SMILES string of the molecule is Cc1ccccc1-c1ccc(N(c2ccc3c(c2)sc2ccccc23)c2ccccc2-c2ccccc2N(c2ccc(-c3ccccc3)cc2)c2ccc3c4c5sc6ccccc6c5ccc4n(-c4ccccc4)c3c2)cc1C. The lowest BCUT2D eigenvalue weighted by molar-refractivity contribution is 1.18. The van der Waals surface area contributed by atoms with Gasteiger partial charge in [-0.2, -0.15) is 0 Å². The predicted octanol–water partition coefficient (Wildman–Crippen LogP) is 22.1. The summed E-state index contributed by atoms with van der Waals surface area (Å²) >= 11 is 3.75. The Balaban J connectivity index is 0.955. The Morgan fingerprint density at radius 3 is 1.51 bits per heavy atom. The van der Waals surface area contributed by atoms with Crippen molar-refractivity contribution in [3.63, 3.8) is 0 Å². The first-order chi connectivity index (χ1) is 39.0. The first kappa shape index (κ1) is 46.8. The molecule has 0 unspecified atom stereocenters. The molecule has 3 nitrogen and oxygen atoms in total. The van der Waals surface area contributed by atoms with E-state index in [0.717, 1.165) is 56.5 Å². The van der Waals surface area contributed by atoms with Crippen LogP contribution < -0.4 is 9.80 Å². The predicted molar refractivity (Wildman–Crippen MR) is 342 cm³/mol. The standard InChI is InChI=1S/C74H51N3S2/c1-48-19-9-10-24-57(48)58-40-37-54(45-49(58)2)76(56-38-41-63-61-27-13-17-31-70(61)78-72(63)47-56)67-30-16-12-26-60(67)59-25-11-15-29-66(59)75(53-35-33-51(34-36-53)50-20-5-3-6-21-50)55-39-42-65-69(46-55)77(52-22-7-4-8-23-52)68-44-43-64-62-28-14-18-32-71(62)79-74(64)73(65)68/h3-47H,1-2H3. The van der Waals surface area contributed by atoms with Crippen molar-refractivity contribution in [1.29, 1.82) is 0 Å². The van der Waals surface area contributed by atoms with Crippen molar-refractivity contribution in [3.8, 4) is 39.1 Å². The molecule has 0 spiro atoms. The molecule has 12 aromatic carbocycles. The molecule has 0 aliphatic heterocycles. The third-order valence-corrected chi connectivity index (χ3v) is 18.2. The van der Waals surface area contributed by atoms with Crippen LogP contribution in [0.1, 0.15) is 11.1 Å². The summed E-state index contributed by atoms with van der Waals surface area (Å²) in [6.45, 7) is 4.45. The Morgan fingerprint density at radius 1 is 0.304 bits per heavy atom. The van der Waals surface area contributed by atoms with E-state index in [2.05, 4.69) is 301 Å². The van der Waals surface area contributed by atoms with Gasteiger partial charge in [0.2, 0.25) is 0 Å². The van der Waals surface area contributed by atoms with Crippen molar-refractivity contribution >= 4 is 119 Å². The second-order valence-electron chi connectivity index (χ2n) is 20.5. The summed E-state index contributed by atoms with van der Waals surface area (Å²) < 4.78 is 7.64. The molecule has 15 aromatic rings. The van der Waals surface area contributed by atoms with Gasteiger partial charge >= 0.3 is 0 Å². The molecular weight excluding hydrogens is 995 g/mol. The van der Waals surface area contributed by atoms with Crippen LogP contribution in [0.15, 0.2) is 273 Å². The highest BCUT2D eigenvalue weighted by Crippen LogP contribution is 2.50. The first-order valence-electron chi connectivity index (χ1n) is 27.0. The van der Waals surface area contributed by atoms with Crippen LogP contribution in [-0.4, -0.2) is 4.57 Å². The van der Waals surface area contributed by atoms with Crippen LogP contribution in [0.25, 0.3) is 101 Å². The Morgan fingerprint density at radius 2 is 0.797 bits per heavy atom. The van der Waals surface area contributed by atoms with E-state index < -0.39 is 0 Å². The average molecular weight is 1050 g/mol. The fourth-order valence-electron chi connectivity index (χ4n) is 12.2. The van der Waals surface area contributed by atoms with E-state index >= 15 is 0 Å². The highest BCUT2D eigenvalue weighted by Gasteiger charge is 2.25. The number of para-hydroxylation sites is 3. The molecule has 5 heteroatoms. The molecular formula is C74H51N3S2. The second kappa shape index (κ2) is 19.2. The lowest BCUT2D eigenvalue weighted by Crippen LogP contribution is -2.14. The van der Waals surface area contributed by atoms with Gasteiger partial charge in [0.05, 0.1) is 22.4 Å². The zero-order chi connectivity index (χ0) is 52.6. The molecule has 0 aliphatic rings. The molecule has 0 N–H and O–H groups in total. The molecule has 0 saturated carbocycles. The molecule has 0 aliphatic carbocycles. The minimum atomic E-state index is 1.06. The van der Waals surface area contributed by atoms with Crippen molar-refractivity contribution in [1.82, 2.24) is 4.57 Å². The third-order valence-electron chi connectivity index (χ3n) is 15.9. The lowest BCUT2D eigenvalue weighted by Gasteiger charge is -2.31. The number of aryl methyl sites for hydroxylation is 2. The summed E-state index contributed by atoms with van der Waals surface area (Å²) in [6.07, 6.45) is 0. The Kier molecular flexibility index (Phi) is 11.4. The van der Waals surface area contributed by atoms with Crippen molar-refractivity contribution in [3.05, 3.63) is 284 Å². The van der Waals surface area contributed by atoms with E-state index in [1.165, 1.54) is 90.0 Å². The maximum absolute atomic E-state index is 2.47. The molecule has 0 amide bonds. The zero-order valence-electron chi connectivity index (χ0n) is 43.6. The van der Waals surface area contributed by atoms with Crippen LogP contribution in [0, 0.1) is 13.8 Å². The Hall–Kier alpha value is -9.52. The maximum Gasteiger partial charge on any atom is 0.0562 e. The first-order valence-corrected chi connectivity index (χ1v) is 28.6. The number of hydrogen-bond acceptors (Lipinski definition) is 4. The number of thiophene rings is 2. The smallest absolute Gasteiger partial charge is 0.0562 e. The van der Waals surface area contributed by atoms with Crippen molar-refractivity contribution in [2.45, 2.75) is 13.8 Å². The Bertz CT molecular complexity index is 4820. The summed E-state index contributed by atoms with van der Waals surface area (Å²) in [6, 6.07) is 101. The van der Waals surface area contributed by atoms with E-state index in [1.807, 2.05) is 22.7 Å². The third kappa shape index (κ3) is 7.92. The van der Waals surface area contributed by atoms with Crippen LogP contribution in [0.5, 0.6) is 0 Å². The molecule has 374 valence electrons. The van der Waals surface area contributed by atoms with Gasteiger partial charge in [-0.15, -0.1) is 22.7 Å². The van der Waals surface area contributed by atoms with Gasteiger partial charge in [-0.05, 0) is 138 Å².